The van der Waals surface area contributed by atoms with Gasteiger partial charge in [-0.25, -0.2) is 0 Å². The van der Waals surface area contributed by atoms with Crippen LogP contribution in [-0.4, -0.2) is 49.1 Å². The van der Waals surface area contributed by atoms with Crippen molar-refractivity contribution in [3.8, 4) is 6.07 Å². The maximum absolute atomic E-state index is 9.41. The van der Waals surface area contributed by atoms with Crippen LogP contribution in [0.5, 0.6) is 0 Å². The Balaban J connectivity index is 1.94. The topological polar surface area (TPSA) is 30.3 Å². The molecule has 1 heterocycles. The zero-order valence-electron chi connectivity index (χ0n) is 12.8. The van der Waals surface area contributed by atoms with E-state index in [-0.39, 0.29) is 5.92 Å². The second kappa shape index (κ2) is 6.72. The van der Waals surface area contributed by atoms with Gasteiger partial charge < -0.3 is 4.90 Å². The maximum atomic E-state index is 9.41. The number of nitrogens with zero attached hydrogens (tertiary/aromatic N) is 3. The SMILES string of the molecule is CCC1CCC(C#N)C(N2CCC(N(C)C)CC2)C1. The second-order valence-corrected chi connectivity index (χ2v) is 6.62. The molecule has 0 radical (unpaired) electrons. The lowest BCUT2D eigenvalue weighted by Gasteiger charge is -2.44. The standard InChI is InChI=1S/C16H29N3/c1-4-13-5-6-14(12-17)16(11-13)19-9-7-15(8-10-19)18(2)3/h13-16H,4-11H2,1-3H3. The van der Waals surface area contributed by atoms with Crippen LogP contribution in [0.3, 0.4) is 0 Å². The molecule has 3 heteroatoms. The minimum Gasteiger partial charge on any atom is -0.306 e. The van der Waals surface area contributed by atoms with Gasteiger partial charge in [-0.1, -0.05) is 13.3 Å². The average molecular weight is 263 g/mol. The summed E-state index contributed by atoms with van der Waals surface area (Å²) in [5.41, 5.74) is 0. The zero-order chi connectivity index (χ0) is 13.8. The van der Waals surface area contributed by atoms with E-state index in [4.69, 9.17) is 0 Å². The molecule has 3 atom stereocenters. The zero-order valence-corrected chi connectivity index (χ0v) is 12.8. The first-order valence-electron chi connectivity index (χ1n) is 7.95. The van der Waals surface area contributed by atoms with Gasteiger partial charge in [0.15, 0.2) is 0 Å². The van der Waals surface area contributed by atoms with E-state index in [1.54, 1.807) is 0 Å². The Kier molecular flexibility index (Phi) is 5.24. The molecule has 3 unspecified atom stereocenters. The van der Waals surface area contributed by atoms with Crippen LogP contribution < -0.4 is 0 Å². The first-order chi connectivity index (χ1) is 9.15. The first-order valence-corrected chi connectivity index (χ1v) is 7.95. The summed E-state index contributed by atoms with van der Waals surface area (Å²) in [5, 5.41) is 9.41. The molecule has 2 rings (SSSR count). The van der Waals surface area contributed by atoms with Gasteiger partial charge in [0.25, 0.3) is 0 Å². The van der Waals surface area contributed by atoms with Gasteiger partial charge in [-0.2, -0.15) is 5.26 Å². The molecule has 1 aliphatic heterocycles. The number of piperidine rings is 1. The van der Waals surface area contributed by atoms with Gasteiger partial charge in [0.05, 0.1) is 12.0 Å². The van der Waals surface area contributed by atoms with E-state index in [9.17, 15) is 5.26 Å². The van der Waals surface area contributed by atoms with Gasteiger partial charge in [0.1, 0.15) is 0 Å². The minimum absolute atomic E-state index is 0.277. The Morgan fingerprint density at radius 2 is 1.84 bits per heavy atom. The summed E-state index contributed by atoms with van der Waals surface area (Å²) < 4.78 is 0. The number of hydrogen-bond acceptors (Lipinski definition) is 3. The van der Waals surface area contributed by atoms with Crippen LogP contribution in [0.2, 0.25) is 0 Å². The van der Waals surface area contributed by atoms with Crippen molar-refractivity contribution in [2.45, 2.75) is 57.5 Å². The van der Waals surface area contributed by atoms with E-state index in [2.05, 4.69) is 36.9 Å². The van der Waals surface area contributed by atoms with Crippen molar-refractivity contribution >= 4 is 0 Å². The molecule has 0 bridgehead atoms. The van der Waals surface area contributed by atoms with E-state index in [0.717, 1.165) is 18.4 Å². The average Bonchev–Trinajstić information content (AvgIpc) is 2.46. The monoisotopic (exact) mass is 263 g/mol. The molecule has 2 aliphatic rings. The number of rotatable bonds is 3. The molecule has 1 saturated carbocycles. The van der Waals surface area contributed by atoms with E-state index in [0.29, 0.717) is 6.04 Å². The summed E-state index contributed by atoms with van der Waals surface area (Å²) in [6.45, 7) is 4.66. The van der Waals surface area contributed by atoms with Gasteiger partial charge in [-0.15, -0.1) is 0 Å². The Labute approximate surface area is 118 Å². The summed E-state index contributed by atoms with van der Waals surface area (Å²) in [4.78, 5) is 4.98. The Bertz CT molecular complexity index is 312. The molecule has 0 amide bonds. The van der Waals surface area contributed by atoms with Gasteiger partial charge in [0.2, 0.25) is 0 Å². The van der Waals surface area contributed by atoms with Crippen molar-refractivity contribution in [1.29, 1.82) is 5.26 Å². The van der Waals surface area contributed by atoms with E-state index >= 15 is 0 Å². The Morgan fingerprint density at radius 3 is 2.37 bits per heavy atom. The van der Waals surface area contributed by atoms with E-state index < -0.39 is 0 Å². The van der Waals surface area contributed by atoms with Crippen molar-refractivity contribution in [3.63, 3.8) is 0 Å². The fraction of sp³-hybridized carbons (Fsp3) is 0.938. The number of likely N-dealkylation sites (tertiary alicyclic amines) is 1. The second-order valence-electron chi connectivity index (χ2n) is 6.62. The van der Waals surface area contributed by atoms with Crippen molar-refractivity contribution in [2.24, 2.45) is 11.8 Å². The highest BCUT2D eigenvalue weighted by atomic mass is 15.2. The predicted molar refractivity (Wildman–Crippen MR) is 78.8 cm³/mol. The van der Waals surface area contributed by atoms with Crippen LogP contribution >= 0.6 is 0 Å². The van der Waals surface area contributed by atoms with Crippen molar-refractivity contribution in [3.05, 3.63) is 0 Å². The van der Waals surface area contributed by atoms with Crippen LogP contribution in [0.25, 0.3) is 0 Å². The van der Waals surface area contributed by atoms with Crippen LogP contribution in [0, 0.1) is 23.2 Å². The Morgan fingerprint density at radius 1 is 1.16 bits per heavy atom. The van der Waals surface area contributed by atoms with E-state index in [1.807, 2.05) is 0 Å². The molecule has 0 aromatic heterocycles. The number of nitriles is 1. The maximum Gasteiger partial charge on any atom is 0.0672 e. The molecular formula is C16H29N3. The largest absolute Gasteiger partial charge is 0.306 e. The summed E-state index contributed by atoms with van der Waals surface area (Å²) in [5.74, 6) is 1.12. The molecule has 0 aromatic rings. The minimum atomic E-state index is 0.277. The third kappa shape index (κ3) is 3.49. The summed E-state index contributed by atoms with van der Waals surface area (Å²) in [6.07, 6.45) is 7.44. The molecule has 3 nitrogen and oxygen atoms in total. The fourth-order valence-corrected chi connectivity index (χ4v) is 3.89. The normalized spacial score (nSPS) is 34.4. The van der Waals surface area contributed by atoms with Crippen molar-refractivity contribution in [1.82, 2.24) is 9.80 Å². The summed E-state index contributed by atoms with van der Waals surface area (Å²) in [6, 6.07) is 3.85. The van der Waals surface area contributed by atoms with Crippen molar-refractivity contribution in [2.75, 3.05) is 27.2 Å². The van der Waals surface area contributed by atoms with Crippen LogP contribution in [0.1, 0.15) is 45.4 Å². The smallest absolute Gasteiger partial charge is 0.0672 e. The molecule has 1 saturated heterocycles. The first kappa shape index (κ1) is 14.8. The lowest BCUT2D eigenvalue weighted by atomic mass is 9.76. The predicted octanol–water partition coefficient (Wildman–Crippen LogP) is 2.73. The highest BCUT2D eigenvalue weighted by Crippen LogP contribution is 2.35. The van der Waals surface area contributed by atoms with Gasteiger partial charge in [-0.3, -0.25) is 4.90 Å². The fourth-order valence-electron chi connectivity index (χ4n) is 3.89. The van der Waals surface area contributed by atoms with Crippen LogP contribution in [0.4, 0.5) is 0 Å². The van der Waals surface area contributed by atoms with Gasteiger partial charge in [-0.05, 0) is 65.2 Å². The summed E-state index contributed by atoms with van der Waals surface area (Å²) in [7, 11) is 4.37. The van der Waals surface area contributed by atoms with E-state index in [1.165, 1.54) is 45.2 Å². The third-order valence-corrected chi connectivity index (χ3v) is 5.37. The molecule has 0 aromatic carbocycles. The van der Waals surface area contributed by atoms with Crippen LogP contribution in [0.15, 0.2) is 0 Å². The molecule has 2 fully saturated rings. The van der Waals surface area contributed by atoms with Gasteiger partial charge >= 0.3 is 0 Å². The van der Waals surface area contributed by atoms with Gasteiger partial charge in [0, 0.05) is 12.1 Å². The third-order valence-electron chi connectivity index (χ3n) is 5.37. The highest BCUT2D eigenvalue weighted by molar-refractivity contribution is 4.98. The quantitative estimate of drug-likeness (QED) is 0.784. The molecule has 0 N–H and O–H groups in total. The molecule has 108 valence electrons. The van der Waals surface area contributed by atoms with Crippen LogP contribution in [-0.2, 0) is 0 Å². The highest BCUT2D eigenvalue weighted by Gasteiger charge is 2.35. The molecule has 19 heavy (non-hydrogen) atoms. The molecule has 0 spiro atoms. The lowest BCUT2D eigenvalue weighted by Crippen LogP contribution is -2.50. The summed E-state index contributed by atoms with van der Waals surface area (Å²) >= 11 is 0. The number of hydrogen-bond donors (Lipinski definition) is 0. The lowest BCUT2D eigenvalue weighted by molar-refractivity contribution is 0.0570. The Hall–Kier alpha value is -0.590. The van der Waals surface area contributed by atoms with Crippen molar-refractivity contribution < 1.29 is 0 Å². The molecular weight excluding hydrogens is 234 g/mol. The molecule has 1 aliphatic carbocycles.